The van der Waals surface area contributed by atoms with Crippen molar-refractivity contribution in [2.75, 3.05) is 201 Å². The molecule has 0 unspecified atom stereocenters. The van der Waals surface area contributed by atoms with E-state index >= 15 is 0 Å². The SMILES string of the molecule is CN1CCN(C)CC1.CN1CCN(C)CC1.CN1CC[NH+](C)CC1.CN1CC[NH+](C)CC1.CN1CC[NH+](C)CC1.Cc1ccccc1.Cc1ccccc1.Cc1ccccc1.Cc1ccccc1.[Li+].[Li+].[Li+].[Li+].[Li+].[Li+].[Li+].[Li+].[Li+].[Li+].[NH-]c1ccccc1.[NH-]c1ccccc1.[NH-]c1ccccc1.[NH-]c1ccccc1.[NH-]c1ccccc1.[NH-]c1ccccc1.[NH-]c1ccccc1.[NH-]c1ccccc1.[NH-]c1ccccc1.[NH-]c1ccccc1. The maximum absolute atomic E-state index is 7.00. The van der Waals surface area contributed by atoms with Gasteiger partial charge in [-0.25, -0.2) is 0 Å². The van der Waals surface area contributed by atoms with Gasteiger partial charge in [-0.1, -0.05) is 447 Å². The van der Waals surface area contributed by atoms with E-state index in [1.807, 2.05) is 255 Å². The molecule has 0 spiro atoms. The first kappa shape index (κ1) is 161. The Hall–Kier alpha value is -7.35. The molecule has 30 heteroatoms. The van der Waals surface area contributed by atoms with Gasteiger partial charge in [-0.15, -0.1) is 56.9 Å². The van der Waals surface area contributed by atoms with Gasteiger partial charge >= 0.3 is 189 Å². The Balaban J connectivity index is -0.000000169. The van der Waals surface area contributed by atoms with Crippen molar-refractivity contribution in [3.8, 4) is 0 Å². The molecule has 14 aromatic rings. The van der Waals surface area contributed by atoms with Crippen LogP contribution in [0.4, 0.5) is 56.9 Å². The molecule has 0 saturated carbocycles. The van der Waals surface area contributed by atoms with E-state index in [1.165, 1.54) is 153 Å². The van der Waals surface area contributed by atoms with Crippen molar-refractivity contribution < 1.29 is 203 Å². The predicted octanol–water partition coefficient (Wildman–Crippen LogP) is -3.21. The number of hydrogen-bond donors (Lipinski definition) is 3. The summed E-state index contributed by atoms with van der Waals surface area (Å²) in [5.41, 5.74) is 81.0. The number of hydrogen-bond acceptors (Lipinski definition) is 7. The topological polar surface area (TPSA) is 274 Å². The molecular formula is C118H165Li10N20+3. The van der Waals surface area contributed by atoms with E-state index in [0.29, 0.717) is 56.9 Å². The van der Waals surface area contributed by atoms with Crippen molar-refractivity contribution in [2.45, 2.75) is 27.7 Å². The number of nitrogens with zero attached hydrogens (tertiary/aromatic N) is 7. The first-order valence-electron chi connectivity index (χ1n) is 47.4. The zero-order valence-electron chi connectivity index (χ0n) is 95.2. The standard InChI is InChI=1S/4C7H8.5C6H14N2.10C6H6N.10Li/c4*1-7-5-3-2-4-6-7;5*1-7-3-5-8(2)6-4-7;10*7-6-4-2-1-3-5-6;;;;;;;;;;/h4*2-6H,1H3;5*3-6H2,1-2H3;10*1-5,7H;;;;;;;;;;/q;;;;;;;;;10*-1;10*+1/p+3. The molecule has 13 N–H and O–H groups in total. The summed E-state index contributed by atoms with van der Waals surface area (Å²) < 4.78 is 0. The summed E-state index contributed by atoms with van der Waals surface area (Å²) in [6.07, 6.45) is 0. The van der Waals surface area contributed by atoms with Gasteiger partial charge in [0.15, 0.2) is 0 Å². The summed E-state index contributed by atoms with van der Waals surface area (Å²) >= 11 is 0. The van der Waals surface area contributed by atoms with E-state index < -0.39 is 0 Å². The molecule has 5 aliphatic rings. The molecule has 148 heavy (non-hydrogen) atoms. The molecule has 0 aliphatic carbocycles. The van der Waals surface area contributed by atoms with E-state index in [4.69, 9.17) is 57.3 Å². The Labute approximate surface area is 1020 Å². The Morgan fingerprint density at radius 2 is 0.209 bits per heavy atom. The third-order valence-electron chi connectivity index (χ3n) is 20.5. The first-order chi connectivity index (χ1) is 66.5. The van der Waals surface area contributed by atoms with Gasteiger partial charge in [-0.05, 0) is 77.0 Å². The fourth-order valence-corrected chi connectivity index (χ4v) is 11.3. The third-order valence-corrected chi connectivity index (χ3v) is 20.5. The largest absolute Gasteiger partial charge is 1.00 e. The minimum absolute atomic E-state index is 0. The van der Waals surface area contributed by atoms with E-state index in [1.54, 1.807) is 136 Å². The van der Waals surface area contributed by atoms with Crippen molar-refractivity contribution in [3.63, 3.8) is 0 Å². The van der Waals surface area contributed by atoms with Crippen LogP contribution in [-0.4, -0.2) is 236 Å². The zero-order valence-corrected chi connectivity index (χ0v) is 95.2. The van der Waals surface area contributed by atoms with E-state index in [2.05, 4.69) is 181 Å². The second-order valence-electron chi connectivity index (χ2n) is 33.8. The van der Waals surface area contributed by atoms with Crippen LogP contribution in [-0.2, 0) is 0 Å². The summed E-state index contributed by atoms with van der Waals surface area (Å²) in [6, 6.07) is 132. The first-order valence-corrected chi connectivity index (χ1v) is 47.4. The smallest absolute Gasteiger partial charge is 0.699 e. The normalized spacial score (nSPS) is 12.8. The Bertz CT molecular complexity index is 3710. The molecule has 20 nitrogen and oxygen atoms in total. The minimum Gasteiger partial charge on any atom is -0.699 e. The summed E-state index contributed by atoms with van der Waals surface area (Å²) in [5.74, 6) is 0. The van der Waals surface area contributed by atoms with Gasteiger partial charge in [0.2, 0.25) is 0 Å². The minimum atomic E-state index is 0. The van der Waals surface area contributed by atoms with Crippen LogP contribution >= 0.6 is 0 Å². The molecule has 5 fully saturated rings. The molecule has 744 valence electrons. The van der Waals surface area contributed by atoms with Crippen LogP contribution in [0, 0.1) is 27.7 Å². The van der Waals surface area contributed by atoms with Crippen LogP contribution in [0.1, 0.15) is 22.3 Å². The quantitative estimate of drug-likeness (QED) is 0.131. The Morgan fingerprint density at radius 3 is 0.264 bits per heavy atom. The second-order valence-corrected chi connectivity index (χ2v) is 33.8. The van der Waals surface area contributed by atoms with Crippen molar-refractivity contribution >= 4 is 56.9 Å². The molecule has 19 rings (SSSR count). The Kier molecular flexibility index (Phi) is 122. The number of quaternary nitrogens is 3. The van der Waals surface area contributed by atoms with Gasteiger partial charge in [0, 0.05) is 91.6 Å². The van der Waals surface area contributed by atoms with Gasteiger partial charge < -0.3 is 91.6 Å². The van der Waals surface area contributed by atoms with Gasteiger partial charge in [0.1, 0.15) is 0 Å². The Morgan fingerprint density at radius 1 is 0.135 bits per heavy atom. The van der Waals surface area contributed by atoms with Crippen molar-refractivity contribution in [3.05, 3.63) is 504 Å². The second kappa shape index (κ2) is 112. The number of aryl methyl sites for hydroxylation is 4. The molecule has 14 aromatic carbocycles. The zero-order chi connectivity index (χ0) is 101. The number of rotatable bonds is 0. The van der Waals surface area contributed by atoms with E-state index in [-0.39, 0.29) is 189 Å². The maximum atomic E-state index is 7.00. The number of benzene rings is 14. The summed E-state index contributed by atoms with van der Waals surface area (Å²) in [7, 11) is 22.0. The molecule has 0 atom stereocenters. The van der Waals surface area contributed by atoms with Crippen LogP contribution in [0.3, 0.4) is 0 Å². The van der Waals surface area contributed by atoms with Gasteiger partial charge in [-0.2, -0.15) is 0 Å². The predicted molar refractivity (Wildman–Crippen MR) is 601 cm³/mol. The fraction of sp³-hybridized carbons (Fsp3) is 0.288. The van der Waals surface area contributed by atoms with Crippen molar-refractivity contribution in [1.29, 1.82) is 0 Å². The monoisotopic (exact) mass is 1930 g/mol. The number of likely N-dealkylation sites (N-methyl/N-ethyl adjacent to an activating group) is 10. The molecule has 0 amide bonds. The van der Waals surface area contributed by atoms with E-state index in [0.717, 1.165) is 0 Å². The van der Waals surface area contributed by atoms with E-state index in [9.17, 15) is 0 Å². The molecule has 0 aromatic heterocycles. The van der Waals surface area contributed by atoms with Crippen LogP contribution in [0.15, 0.2) is 425 Å². The van der Waals surface area contributed by atoms with Crippen molar-refractivity contribution in [2.24, 2.45) is 0 Å². The molecular weight excluding hydrogens is 1770 g/mol. The summed E-state index contributed by atoms with van der Waals surface area (Å²) in [6.45, 7) is 33.7. The van der Waals surface area contributed by atoms with Gasteiger partial charge in [-0.3, -0.25) is 14.7 Å². The maximum Gasteiger partial charge on any atom is 1.00 e. The number of piperazine rings is 5. The van der Waals surface area contributed by atoms with Gasteiger partial charge in [0.05, 0.1) is 60.4 Å². The number of nitrogens with one attached hydrogen (secondary N) is 13. The fourth-order valence-electron chi connectivity index (χ4n) is 11.3. The summed E-state index contributed by atoms with van der Waals surface area (Å²) in [4.78, 5) is 21.6. The molecule has 0 radical (unpaired) electrons. The van der Waals surface area contributed by atoms with Crippen molar-refractivity contribution in [1.82, 2.24) is 34.3 Å². The third kappa shape index (κ3) is 110. The van der Waals surface area contributed by atoms with Crippen LogP contribution < -0.4 is 203 Å². The average molecular weight is 1930 g/mol. The van der Waals surface area contributed by atoms with Crippen LogP contribution in [0.25, 0.3) is 57.3 Å². The molecule has 5 heterocycles. The molecule has 0 bridgehead atoms. The average Bonchev–Trinajstić information content (AvgIpc) is 0.959. The van der Waals surface area contributed by atoms with Crippen LogP contribution in [0.2, 0.25) is 0 Å². The summed E-state index contributed by atoms with van der Waals surface area (Å²) in [5, 5.41) is 0. The van der Waals surface area contributed by atoms with Gasteiger partial charge in [0.25, 0.3) is 0 Å². The molecule has 5 aliphatic heterocycles. The molecule has 5 saturated heterocycles. The van der Waals surface area contributed by atoms with Crippen LogP contribution in [0.5, 0.6) is 0 Å².